The Bertz CT molecular complexity index is 2160. The quantitative estimate of drug-likeness (QED) is 0.159. The van der Waals surface area contributed by atoms with E-state index in [0.29, 0.717) is 0 Å². The Kier molecular flexibility index (Phi) is 5.61. The molecule has 4 nitrogen and oxygen atoms in total. The van der Waals surface area contributed by atoms with Gasteiger partial charge >= 0.3 is 7.12 Å². The van der Waals surface area contributed by atoms with E-state index < -0.39 is 18.3 Å². The fourth-order valence-electron chi connectivity index (χ4n) is 5.88. The van der Waals surface area contributed by atoms with Crippen LogP contribution in [-0.4, -0.2) is 28.3 Å². The van der Waals surface area contributed by atoms with E-state index in [-0.39, 0.29) is 0 Å². The number of hydrogen-bond acceptors (Lipinski definition) is 5. The summed E-state index contributed by atoms with van der Waals surface area (Å²) in [4.78, 5) is 10.3. The zero-order valence-electron chi connectivity index (χ0n) is 24.0. The van der Waals surface area contributed by atoms with Crippen molar-refractivity contribution >= 4 is 65.9 Å². The van der Waals surface area contributed by atoms with Gasteiger partial charge in [0.05, 0.1) is 33.6 Å². The zero-order chi connectivity index (χ0) is 28.6. The Morgan fingerprint density at radius 3 is 1.88 bits per heavy atom. The fraction of sp³-hybridized carbons (Fsp3) is 0.167. The van der Waals surface area contributed by atoms with Crippen LogP contribution in [0.5, 0.6) is 0 Å². The van der Waals surface area contributed by atoms with Crippen molar-refractivity contribution in [1.29, 1.82) is 0 Å². The number of thiophene rings is 1. The molecule has 0 amide bonds. The van der Waals surface area contributed by atoms with Crippen LogP contribution in [0.3, 0.4) is 0 Å². The summed E-state index contributed by atoms with van der Waals surface area (Å²) in [5.41, 5.74) is 6.15. The van der Waals surface area contributed by atoms with Gasteiger partial charge in [0.1, 0.15) is 0 Å². The molecule has 8 rings (SSSR count). The highest BCUT2D eigenvalue weighted by Crippen LogP contribution is 2.40. The van der Waals surface area contributed by atoms with E-state index in [4.69, 9.17) is 19.3 Å². The predicted octanol–water partition coefficient (Wildman–Crippen LogP) is 8.78. The number of pyridine rings is 2. The first-order valence-corrected chi connectivity index (χ1v) is 15.2. The van der Waals surface area contributed by atoms with Crippen molar-refractivity contribution < 1.29 is 9.31 Å². The molecule has 0 aliphatic carbocycles. The van der Waals surface area contributed by atoms with E-state index in [1.54, 1.807) is 11.3 Å². The third kappa shape index (κ3) is 3.97. The van der Waals surface area contributed by atoms with Gasteiger partial charge in [0.25, 0.3) is 0 Å². The molecule has 6 heteroatoms. The Hall–Kier alpha value is -4.10. The van der Waals surface area contributed by atoms with E-state index >= 15 is 0 Å². The molecule has 0 atom stereocenters. The molecule has 0 saturated carbocycles. The lowest BCUT2D eigenvalue weighted by Crippen LogP contribution is -2.41. The molecule has 7 aromatic rings. The predicted molar refractivity (Wildman–Crippen MR) is 177 cm³/mol. The minimum atomic E-state index is -0.421. The largest absolute Gasteiger partial charge is 0.495 e. The number of rotatable bonds is 3. The first kappa shape index (κ1) is 25.6. The molecular weight excluding hydrogens is 535 g/mol. The first-order chi connectivity index (χ1) is 20.3. The molecule has 0 spiro atoms. The van der Waals surface area contributed by atoms with Crippen molar-refractivity contribution in [2.75, 3.05) is 0 Å². The van der Waals surface area contributed by atoms with Crippen LogP contribution in [0.4, 0.5) is 0 Å². The van der Waals surface area contributed by atoms with Crippen LogP contribution in [0.2, 0.25) is 0 Å². The van der Waals surface area contributed by atoms with Gasteiger partial charge in [-0.05, 0) is 63.5 Å². The molecule has 0 unspecified atom stereocenters. The average molecular weight is 565 g/mol. The second-order valence-corrected chi connectivity index (χ2v) is 13.2. The van der Waals surface area contributed by atoms with Crippen LogP contribution in [-0.2, 0) is 9.31 Å². The number of fused-ring (bicyclic) bond motifs is 6. The molecule has 4 aromatic carbocycles. The van der Waals surface area contributed by atoms with E-state index in [9.17, 15) is 0 Å². The van der Waals surface area contributed by atoms with Crippen molar-refractivity contribution in [3.8, 4) is 22.5 Å². The Balaban J connectivity index is 1.28. The van der Waals surface area contributed by atoms with Crippen LogP contribution in [0.25, 0.3) is 64.5 Å². The molecule has 0 N–H and O–H groups in total. The Morgan fingerprint density at radius 2 is 1.21 bits per heavy atom. The molecule has 1 saturated heterocycles. The molecule has 1 aliphatic heterocycles. The second kappa shape index (κ2) is 9.20. The van der Waals surface area contributed by atoms with Gasteiger partial charge in [0, 0.05) is 42.1 Å². The van der Waals surface area contributed by atoms with E-state index in [1.807, 2.05) is 18.2 Å². The van der Waals surface area contributed by atoms with Crippen molar-refractivity contribution in [3.63, 3.8) is 0 Å². The van der Waals surface area contributed by atoms with Crippen LogP contribution in [0.1, 0.15) is 27.7 Å². The minimum absolute atomic E-state index is 0.400. The number of benzene rings is 4. The standard InChI is InChI=1S/C36H29BN2O2S/c1-35(2)36(3,4)41-37(40-35)27-11-8-12-31-32(27)26-21-25(17-20-30(26)42-31)29-19-16-24-14-13-23-15-18-28(22-9-6-5-7-10-22)38-33(23)34(24)39-29/h5-21H,1-4H3. The highest BCUT2D eigenvalue weighted by Gasteiger charge is 2.52. The highest BCUT2D eigenvalue weighted by molar-refractivity contribution is 7.26. The summed E-state index contributed by atoms with van der Waals surface area (Å²) in [5.74, 6) is 0. The van der Waals surface area contributed by atoms with Crippen LogP contribution in [0.15, 0.2) is 103 Å². The number of nitrogens with zero attached hydrogens (tertiary/aromatic N) is 2. The summed E-state index contributed by atoms with van der Waals surface area (Å²) in [6.45, 7) is 8.40. The van der Waals surface area contributed by atoms with Crippen LogP contribution in [0, 0.1) is 0 Å². The van der Waals surface area contributed by atoms with Crippen LogP contribution >= 0.6 is 11.3 Å². The molecule has 204 valence electrons. The maximum absolute atomic E-state index is 6.49. The third-order valence-corrected chi connectivity index (χ3v) is 10.1. The van der Waals surface area contributed by atoms with Crippen molar-refractivity contribution in [2.24, 2.45) is 0 Å². The number of aromatic nitrogens is 2. The SMILES string of the molecule is CC1(C)OB(c2cccc3sc4ccc(-c5ccc6ccc7ccc(-c8ccccc8)nc7c6n5)cc4c23)OC1(C)C. The molecule has 4 heterocycles. The van der Waals surface area contributed by atoms with E-state index in [0.717, 1.165) is 49.8 Å². The maximum Gasteiger partial charge on any atom is 0.495 e. The lowest BCUT2D eigenvalue weighted by Gasteiger charge is -2.32. The average Bonchev–Trinajstić information content (AvgIpc) is 3.48. The maximum atomic E-state index is 6.49. The van der Waals surface area contributed by atoms with Gasteiger partial charge in [0.2, 0.25) is 0 Å². The molecule has 3 aromatic heterocycles. The van der Waals surface area contributed by atoms with E-state index in [2.05, 4.69) is 113 Å². The monoisotopic (exact) mass is 564 g/mol. The highest BCUT2D eigenvalue weighted by atomic mass is 32.1. The van der Waals surface area contributed by atoms with Gasteiger partial charge in [-0.1, -0.05) is 72.8 Å². The minimum Gasteiger partial charge on any atom is -0.399 e. The van der Waals surface area contributed by atoms with E-state index in [1.165, 1.54) is 20.2 Å². The molecule has 1 fully saturated rings. The summed E-state index contributed by atoms with van der Waals surface area (Å²) in [6.07, 6.45) is 0. The topological polar surface area (TPSA) is 44.2 Å². The smallest absolute Gasteiger partial charge is 0.399 e. The summed E-state index contributed by atoms with van der Waals surface area (Å²) in [6, 6.07) is 36.1. The Morgan fingerprint density at radius 1 is 0.595 bits per heavy atom. The van der Waals surface area contributed by atoms with Gasteiger partial charge in [-0.3, -0.25) is 0 Å². The zero-order valence-corrected chi connectivity index (χ0v) is 24.8. The normalized spacial score (nSPS) is 16.2. The number of hydrogen-bond donors (Lipinski definition) is 0. The van der Waals surface area contributed by atoms with Crippen molar-refractivity contribution in [1.82, 2.24) is 9.97 Å². The summed E-state index contributed by atoms with van der Waals surface area (Å²) in [7, 11) is -0.421. The van der Waals surface area contributed by atoms with Crippen molar-refractivity contribution in [3.05, 3.63) is 103 Å². The Labute approximate surface area is 249 Å². The molecule has 42 heavy (non-hydrogen) atoms. The molecule has 0 bridgehead atoms. The van der Waals surface area contributed by atoms with Gasteiger partial charge in [-0.15, -0.1) is 11.3 Å². The van der Waals surface area contributed by atoms with Crippen LogP contribution < -0.4 is 5.46 Å². The van der Waals surface area contributed by atoms with Gasteiger partial charge in [-0.25, -0.2) is 9.97 Å². The fourth-order valence-corrected chi connectivity index (χ4v) is 7.00. The summed E-state index contributed by atoms with van der Waals surface area (Å²) < 4.78 is 15.4. The third-order valence-electron chi connectivity index (χ3n) is 8.92. The first-order valence-electron chi connectivity index (χ1n) is 14.3. The van der Waals surface area contributed by atoms with Gasteiger partial charge in [0.15, 0.2) is 0 Å². The lowest BCUT2D eigenvalue weighted by atomic mass is 9.76. The lowest BCUT2D eigenvalue weighted by molar-refractivity contribution is 0.00578. The molecule has 0 radical (unpaired) electrons. The second-order valence-electron chi connectivity index (χ2n) is 12.1. The van der Waals surface area contributed by atoms with Gasteiger partial charge in [-0.2, -0.15) is 0 Å². The molecular formula is C36H29BN2O2S. The summed E-state index contributed by atoms with van der Waals surface area (Å²) >= 11 is 1.80. The van der Waals surface area contributed by atoms with Crippen molar-refractivity contribution in [2.45, 2.75) is 38.9 Å². The summed E-state index contributed by atoms with van der Waals surface area (Å²) in [5, 5.41) is 4.55. The van der Waals surface area contributed by atoms with Gasteiger partial charge < -0.3 is 9.31 Å². The molecule has 1 aliphatic rings.